The van der Waals surface area contributed by atoms with E-state index in [9.17, 15) is 0 Å². The Morgan fingerprint density at radius 3 is 1.17 bits per heavy atom. The second-order valence-electron chi connectivity index (χ2n) is 5.05. The van der Waals surface area contributed by atoms with Gasteiger partial charge in [-0.1, -0.05) is 83.9 Å². The summed E-state index contributed by atoms with van der Waals surface area (Å²) in [6.45, 7) is 0. The highest BCUT2D eigenvalue weighted by atomic mass is 35.5. The van der Waals surface area contributed by atoms with Crippen molar-refractivity contribution >= 4 is 44.9 Å². The Hall–Kier alpha value is -2.42. The van der Waals surface area contributed by atoms with Crippen LogP contribution < -0.4 is 0 Å². The van der Waals surface area contributed by atoms with Crippen LogP contribution >= 0.6 is 23.2 Å². The van der Waals surface area contributed by atoms with E-state index in [0.29, 0.717) is 10.3 Å². The molecule has 3 aromatic rings. The first-order chi connectivity index (χ1) is 11.7. The van der Waals surface area contributed by atoms with Crippen molar-refractivity contribution in [3.05, 3.63) is 96.1 Å². The van der Waals surface area contributed by atoms with Crippen molar-refractivity contribution < 1.29 is 0 Å². The molecule has 0 aliphatic carbocycles. The number of benzene rings is 3. The molecule has 0 atom stereocenters. The molecular weight excluding hydrogens is 339 g/mol. The van der Waals surface area contributed by atoms with Gasteiger partial charge in [-0.15, -0.1) is 0 Å². The quantitative estimate of drug-likeness (QED) is 0.490. The van der Waals surface area contributed by atoms with E-state index in [1.54, 1.807) is 0 Å². The second-order valence-corrected chi connectivity index (χ2v) is 5.77. The largest absolute Gasteiger partial charge is 0.236 e. The Balaban J connectivity index is 1.79. The van der Waals surface area contributed by atoms with Crippen LogP contribution in [0.25, 0.3) is 0 Å². The number of rotatable bonds is 4. The van der Waals surface area contributed by atoms with Crippen molar-refractivity contribution in [1.29, 1.82) is 0 Å². The Morgan fingerprint density at radius 2 is 0.833 bits per heavy atom. The first kappa shape index (κ1) is 16.4. The third kappa shape index (κ3) is 4.31. The summed E-state index contributed by atoms with van der Waals surface area (Å²) >= 11 is 12.5. The molecule has 0 saturated heterocycles. The van der Waals surface area contributed by atoms with Crippen LogP contribution in [0.3, 0.4) is 0 Å². The summed E-state index contributed by atoms with van der Waals surface area (Å²) in [7, 11) is 0. The molecule has 0 spiro atoms. The van der Waals surface area contributed by atoms with Crippen LogP contribution in [0.4, 0.5) is 11.4 Å². The van der Waals surface area contributed by atoms with E-state index in [4.69, 9.17) is 23.2 Å². The molecule has 0 heterocycles. The highest BCUT2D eigenvalue weighted by Gasteiger charge is 2.01. The standard InChI is InChI=1S/C20H14Cl2N2/c21-19(15-7-3-1-4-8-15)23-17-11-13-18(14-12-17)24-20(22)16-9-5-2-6-10-16/h1-14H/b23-19-,24-20-. The molecule has 0 aromatic heterocycles. The average molecular weight is 353 g/mol. The van der Waals surface area contributed by atoms with Gasteiger partial charge in [0.25, 0.3) is 0 Å². The lowest BCUT2D eigenvalue weighted by Gasteiger charge is -2.01. The molecule has 2 nitrogen and oxygen atoms in total. The third-order valence-electron chi connectivity index (χ3n) is 3.33. The predicted octanol–water partition coefficient (Wildman–Crippen LogP) is 6.32. The lowest BCUT2D eigenvalue weighted by Crippen LogP contribution is -1.89. The van der Waals surface area contributed by atoms with Crippen LogP contribution in [0.15, 0.2) is 94.9 Å². The van der Waals surface area contributed by atoms with E-state index >= 15 is 0 Å². The first-order valence-corrected chi connectivity index (χ1v) is 8.17. The molecule has 0 bridgehead atoms. The maximum atomic E-state index is 6.25. The summed E-state index contributed by atoms with van der Waals surface area (Å²) in [6, 6.07) is 26.7. The smallest absolute Gasteiger partial charge is 0.136 e. The fourth-order valence-corrected chi connectivity index (χ4v) is 2.56. The lowest BCUT2D eigenvalue weighted by atomic mass is 10.2. The van der Waals surface area contributed by atoms with Gasteiger partial charge in [-0.3, -0.25) is 0 Å². The van der Waals surface area contributed by atoms with Gasteiger partial charge in [-0.05, 0) is 24.3 Å². The van der Waals surface area contributed by atoms with Crippen LogP contribution in [0.1, 0.15) is 11.1 Å². The van der Waals surface area contributed by atoms with Crippen molar-refractivity contribution in [2.75, 3.05) is 0 Å². The van der Waals surface area contributed by atoms with E-state index in [-0.39, 0.29) is 0 Å². The second kappa shape index (κ2) is 7.91. The molecule has 4 heteroatoms. The van der Waals surface area contributed by atoms with Crippen LogP contribution in [0.5, 0.6) is 0 Å². The van der Waals surface area contributed by atoms with Gasteiger partial charge in [0.15, 0.2) is 0 Å². The van der Waals surface area contributed by atoms with Gasteiger partial charge in [-0.2, -0.15) is 0 Å². The van der Waals surface area contributed by atoms with Gasteiger partial charge in [0.2, 0.25) is 0 Å². The minimum atomic E-state index is 0.453. The van der Waals surface area contributed by atoms with Crippen molar-refractivity contribution in [3.8, 4) is 0 Å². The zero-order chi connectivity index (χ0) is 16.8. The molecule has 0 aliphatic heterocycles. The Labute approximate surface area is 151 Å². The number of hydrogen-bond acceptors (Lipinski definition) is 2. The maximum Gasteiger partial charge on any atom is 0.136 e. The Kier molecular flexibility index (Phi) is 5.42. The average Bonchev–Trinajstić information content (AvgIpc) is 2.65. The molecule has 24 heavy (non-hydrogen) atoms. The summed E-state index contributed by atoms with van der Waals surface area (Å²) in [6.07, 6.45) is 0. The summed E-state index contributed by atoms with van der Waals surface area (Å²) in [5.74, 6) is 0. The lowest BCUT2D eigenvalue weighted by molar-refractivity contribution is 1.47. The van der Waals surface area contributed by atoms with Crippen LogP contribution in [-0.2, 0) is 0 Å². The molecule has 3 rings (SSSR count). The maximum absolute atomic E-state index is 6.25. The van der Waals surface area contributed by atoms with Gasteiger partial charge in [0, 0.05) is 11.1 Å². The predicted molar refractivity (Wildman–Crippen MR) is 103 cm³/mol. The van der Waals surface area contributed by atoms with Gasteiger partial charge in [-0.25, -0.2) is 9.98 Å². The summed E-state index contributed by atoms with van der Waals surface area (Å²) in [5.41, 5.74) is 3.29. The molecule has 0 saturated carbocycles. The van der Waals surface area contributed by atoms with Gasteiger partial charge < -0.3 is 0 Å². The van der Waals surface area contributed by atoms with Crippen molar-refractivity contribution in [2.24, 2.45) is 9.98 Å². The summed E-state index contributed by atoms with van der Waals surface area (Å²) < 4.78 is 0. The van der Waals surface area contributed by atoms with E-state index in [0.717, 1.165) is 22.5 Å². The molecule has 0 fully saturated rings. The van der Waals surface area contributed by atoms with E-state index in [1.807, 2.05) is 84.9 Å². The SMILES string of the molecule is Cl/C(=N\c1ccc(/N=C(\Cl)c2ccccc2)cc1)c1ccccc1. The zero-order valence-electron chi connectivity index (χ0n) is 12.7. The summed E-state index contributed by atoms with van der Waals surface area (Å²) in [5, 5.41) is 0.906. The molecule has 0 unspecified atom stereocenters. The highest BCUT2D eigenvalue weighted by molar-refractivity contribution is 6.70. The molecule has 0 radical (unpaired) electrons. The van der Waals surface area contributed by atoms with Crippen molar-refractivity contribution in [1.82, 2.24) is 0 Å². The summed E-state index contributed by atoms with van der Waals surface area (Å²) in [4.78, 5) is 8.82. The molecule has 0 aliphatic rings. The van der Waals surface area contributed by atoms with E-state index in [2.05, 4.69) is 9.98 Å². The number of aliphatic imine (C=N–C) groups is 2. The van der Waals surface area contributed by atoms with E-state index in [1.165, 1.54) is 0 Å². The monoisotopic (exact) mass is 352 g/mol. The van der Waals surface area contributed by atoms with Gasteiger partial charge >= 0.3 is 0 Å². The van der Waals surface area contributed by atoms with Crippen molar-refractivity contribution in [3.63, 3.8) is 0 Å². The van der Waals surface area contributed by atoms with E-state index < -0.39 is 0 Å². The zero-order valence-corrected chi connectivity index (χ0v) is 14.2. The van der Waals surface area contributed by atoms with Crippen LogP contribution in [0, 0.1) is 0 Å². The van der Waals surface area contributed by atoms with Gasteiger partial charge in [0.1, 0.15) is 10.3 Å². The number of halogens is 2. The first-order valence-electron chi connectivity index (χ1n) is 7.42. The minimum Gasteiger partial charge on any atom is -0.236 e. The fourth-order valence-electron chi connectivity index (χ4n) is 2.11. The molecular formula is C20H14Cl2N2. The van der Waals surface area contributed by atoms with Gasteiger partial charge in [0.05, 0.1) is 11.4 Å². The number of hydrogen-bond donors (Lipinski definition) is 0. The Morgan fingerprint density at radius 1 is 0.500 bits per heavy atom. The van der Waals surface area contributed by atoms with Crippen molar-refractivity contribution in [2.45, 2.75) is 0 Å². The molecule has 3 aromatic carbocycles. The highest BCUT2D eigenvalue weighted by Crippen LogP contribution is 2.22. The molecule has 118 valence electrons. The van der Waals surface area contributed by atoms with Crippen LogP contribution in [0.2, 0.25) is 0 Å². The van der Waals surface area contributed by atoms with Crippen LogP contribution in [-0.4, -0.2) is 10.3 Å². The molecule has 0 N–H and O–H groups in total. The number of nitrogens with zero attached hydrogens (tertiary/aromatic N) is 2. The Bertz CT molecular complexity index is 781. The normalized spacial score (nSPS) is 12.2. The third-order valence-corrected chi connectivity index (χ3v) is 3.93. The minimum absolute atomic E-state index is 0.453. The molecule has 0 amide bonds. The topological polar surface area (TPSA) is 24.7 Å². The fraction of sp³-hybridized carbons (Fsp3) is 0.